The van der Waals surface area contributed by atoms with Gasteiger partial charge in [0, 0.05) is 0 Å². The van der Waals surface area contributed by atoms with E-state index in [-0.39, 0.29) is 9.45 Å². The molecule has 0 radical (unpaired) electrons. The van der Waals surface area contributed by atoms with Gasteiger partial charge >= 0.3 is 74.1 Å². The Balaban J connectivity index is 0. The van der Waals surface area contributed by atoms with E-state index in [0.29, 0.717) is 0 Å². The van der Waals surface area contributed by atoms with Crippen LogP contribution in [0.15, 0.2) is 0 Å². The van der Waals surface area contributed by atoms with Gasteiger partial charge in [-0.25, -0.2) is 0 Å². The number of hydrogen-bond donors (Lipinski definition) is 5. The van der Waals surface area contributed by atoms with Crippen LogP contribution in [-0.4, -0.2) is 50.8 Å². The Kier molecular flexibility index (Phi) is 11.2. The van der Waals surface area contributed by atoms with E-state index in [0.717, 1.165) is 0 Å². The van der Waals surface area contributed by atoms with Crippen LogP contribution in [-0.2, 0) is 0 Å². The zero-order valence-corrected chi connectivity index (χ0v) is 8.56. The molecule has 0 heterocycles. The van der Waals surface area contributed by atoms with Crippen molar-refractivity contribution in [2.45, 2.75) is 0 Å². The summed E-state index contributed by atoms with van der Waals surface area (Å²) in [6.07, 6.45) is 0. The van der Waals surface area contributed by atoms with E-state index in [2.05, 4.69) is 54.4 Å². The Morgan fingerprint density at radius 3 is 1.56 bits per heavy atom. The van der Waals surface area contributed by atoms with Gasteiger partial charge < -0.3 is 0 Å². The zero-order chi connectivity index (χ0) is 7.86. The van der Waals surface area contributed by atoms with E-state index >= 15 is 0 Å². The van der Waals surface area contributed by atoms with Crippen LogP contribution < -0.4 is 10.5 Å². The first-order valence-electron chi connectivity index (χ1n) is 1.62. The molecular weight excluding hydrogens is 274 g/mol. The van der Waals surface area contributed by atoms with Crippen LogP contribution in [0.1, 0.15) is 0 Å². The van der Waals surface area contributed by atoms with Crippen molar-refractivity contribution in [1.29, 1.82) is 0 Å². The Bertz CT molecular complexity index is 105. The summed E-state index contributed by atoms with van der Waals surface area (Å²) in [6, 6.07) is 0. The molecule has 0 aliphatic rings. The molecule has 0 amide bonds. The molecule has 5 N–H and O–H groups in total. The molecule has 4 nitrogen and oxygen atoms in total. The van der Waals surface area contributed by atoms with Gasteiger partial charge in [0.05, 0.1) is 0 Å². The molecule has 9 heavy (non-hydrogen) atoms. The quantitative estimate of drug-likeness (QED) is 0.275. The third-order valence-electron chi connectivity index (χ3n) is 0.0956. The third-order valence-corrected chi connectivity index (χ3v) is 0.862. The van der Waals surface area contributed by atoms with Gasteiger partial charge in [0.15, 0.2) is 0 Å². The topological polar surface area (TPSA) is 78.5 Å². The molecule has 0 aromatic heterocycles. The summed E-state index contributed by atoms with van der Waals surface area (Å²) in [5.74, 6) is 0. The average Bonchev–Trinajstić information content (AvgIpc) is 1.65. The number of nitrogens with two attached hydrogens (primary N) is 1. The molecule has 0 bridgehead atoms. The van der Waals surface area contributed by atoms with Crippen LogP contribution in [0.4, 0.5) is 0 Å². The van der Waals surface area contributed by atoms with Crippen molar-refractivity contribution in [1.82, 2.24) is 4.72 Å². The van der Waals surface area contributed by atoms with Crippen LogP contribution in [0.5, 0.6) is 0 Å². The van der Waals surface area contributed by atoms with Crippen LogP contribution in [0.2, 0.25) is 0 Å². The first-order chi connectivity index (χ1) is 4.00. The van der Waals surface area contributed by atoms with Gasteiger partial charge in [-0.15, -0.1) is 0 Å². The van der Waals surface area contributed by atoms with E-state index in [1.807, 2.05) is 0 Å². The van der Waals surface area contributed by atoms with Crippen LogP contribution in [0, 0.1) is 0 Å². The van der Waals surface area contributed by atoms with Gasteiger partial charge in [0.25, 0.3) is 0 Å². The molecule has 0 saturated carbocycles. The molecule has 0 aliphatic carbocycles. The number of aliphatic hydroxyl groups is 2. The fourth-order valence-electron chi connectivity index (χ4n) is 0. The van der Waals surface area contributed by atoms with Crippen molar-refractivity contribution in [3.8, 4) is 0 Å². The van der Waals surface area contributed by atoms with Gasteiger partial charge in [-0.1, -0.05) is 0 Å². The summed E-state index contributed by atoms with van der Waals surface area (Å²) >= 11 is 7.87. The van der Waals surface area contributed by atoms with Gasteiger partial charge in [-0.05, 0) is 0 Å². The van der Waals surface area contributed by atoms with E-state index < -0.39 is 0 Å². The second-order valence-electron chi connectivity index (χ2n) is 0.755. The van der Waals surface area contributed by atoms with E-state index in [9.17, 15) is 0 Å². The number of nitrogens with one attached hydrogen (secondary N) is 1. The minimum absolute atomic E-state index is 0.00617. The van der Waals surface area contributed by atoms with E-state index in [4.69, 9.17) is 10.2 Å². The molecule has 0 rings (SSSR count). The normalized spacial score (nSPS) is 6.33. The van der Waals surface area contributed by atoms with E-state index in [1.54, 1.807) is 0 Å². The number of rotatable bonds is 1. The summed E-state index contributed by atoms with van der Waals surface area (Å²) in [5, 5.41) is 15.7. The fraction of sp³-hybridized carbons (Fsp3) is 0. The van der Waals surface area contributed by atoms with Crippen molar-refractivity contribution in [3.05, 3.63) is 0 Å². The second-order valence-corrected chi connectivity index (χ2v) is 2.67. The molecule has 7 heteroatoms. The van der Waals surface area contributed by atoms with Crippen LogP contribution in [0.3, 0.4) is 0 Å². The van der Waals surface area contributed by atoms with Crippen LogP contribution >= 0.6 is 12.8 Å². The Labute approximate surface area is 74.1 Å². The average molecular weight is 280 g/mol. The van der Waals surface area contributed by atoms with Crippen LogP contribution in [0.25, 0.3) is 0 Å². The van der Waals surface area contributed by atoms with Crippen molar-refractivity contribution in [2.75, 3.05) is 0 Å². The maximum absolute atomic E-state index is 8.03. The Hall–Kier alpha value is 0.329. The molecule has 54 valence electrons. The number of hydrogen-bond acceptors (Lipinski definition) is 5. The molecule has 0 atom stereocenters. The molecule has 0 spiro atoms. The molecule has 0 fully saturated rings. The molecule has 0 aromatic carbocycles. The predicted molar refractivity (Wildman–Crippen MR) is 41.7 cm³/mol. The minimum atomic E-state index is -0.208. The monoisotopic (exact) mass is 282 g/mol. The summed E-state index contributed by atoms with van der Waals surface area (Å²) in [6.45, 7) is 0. The molecule has 0 unspecified atom stereocenters. The number of thiol groups is 1. The van der Waals surface area contributed by atoms with Gasteiger partial charge in [-0.2, -0.15) is 0 Å². The van der Waals surface area contributed by atoms with Crippen molar-refractivity contribution in [3.63, 3.8) is 0 Å². The SMILES string of the molecule is NC(O)=[Se].OC(=[Se])NS. The standard InChI is InChI=1S/CH3NOSSe.CH3NOSe/c3-1(5)2-4;2-1(3)4/h4H,(H2,2,3,5);(H3,2,3,4). The molecular formula is C2H6N2O2SSe2. The summed E-state index contributed by atoms with van der Waals surface area (Å²) < 4.78 is 1.92. The molecule has 0 aliphatic heterocycles. The second kappa shape index (κ2) is 8.33. The summed E-state index contributed by atoms with van der Waals surface area (Å²) in [5.41, 5.74) is 4.53. The van der Waals surface area contributed by atoms with E-state index in [1.165, 1.54) is 0 Å². The molecule has 0 aromatic rings. The number of aliphatic hydroxyl groups excluding tert-OH is 2. The summed E-state index contributed by atoms with van der Waals surface area (Å²) in [7, 11) is 0. The first kappa shape index (κ1) is 12.0. The Morgan fingerprint density at radius 2 is 1.56 bits per heavy atom. The summed E-state index contributed by atoms with van der Waals surface area (Å²) in [4.78, 5) is 0. The van der Waals surface area contributed by atoms with Crippen molar-refractivity contribution in [2.24, 2.45) is 5.73 Å². The maximum atomic E-state index is 8.03. The van der Waals surface area contributed by atoms with Gasteiger partial charge in [0.1, 0.15) is 0 Å². The van der Waals surface area contributed by atoms with Crippen molar-refractivity contribution < 1.29 is 10.2 Å². The van der Waals surface area contributed by atoms with Gasteiger partial charge in [0.2, 0.25) is 0 Å². The zero-order valence-electron chi connectivity index (χ0n) is 4.24. The van der Waals surface area contributed by atoms with Crippen molar-refractivity contribution >= 4 is 53.4 Å². The fourth-order valence-corrected chi connectivity index (χ4v) is 0. The molecule has 0 saturated heterocycles. The predicted octanol–water partition coefficient (Wildman–Crippen LogP) is -2.38. The Morgan fingerprint density at radius 1 is 1.44 bits per heavy atom. The first-order valence-corrected chi connectivity index (χ1v) is 3.78. The van der Waals surface area contributed by atoms with Gasteiger partial charge in [-0.3, -0.25) is 0 Å². The third kappa shape index (κ3) is 61.5.